The highest BCUT2D eigenvalue weighted by atomic mass is 19.1. The average Bonchev–Trinajstić information content (AvgIpc) is 2.78. The zero-order valence-electron chi connectivity index (χ0n) is 16.9. The van der Waals surface area contributed by atoms with E-state index in [0.717, 1.165) is 0 Å². The lowest BCUT2D eigenvalue weighted by Crippen LogP contribution is -2.30. The first-order valence-corrected chi connectivity index (χ1v) is 9.63. The number of carbonyl (C=O) groups is 1. The second kappa shape index (κ2) is 8.38. The van der Waals surface area contributed by atoms with Crippen molar-refractivity contribution in [2.24, 2.45) is 0 Å². The molecule has 9 heteroatoms. The van der Waals surface area contributed by atoms with E-state index in [1.54, 1.807) is 37.4 Å². The van der Waals surface area contributed by atoms with Crippen LogP contribution in [0.1, 0.15) is 21.5 Å². The van der Waals surface area contributed by atoms with Gasteiger partial charge in [-0.2, -0.15) is 0 Å². The number of aryl methyl sites for hydroxylation is 1. The lowest BCUT2D eigenvalue weighted by molar-refractivity contribution is -0.384. The van der Waals surface area contributed by atoms with Crippen molar-refractivity contribution < 1.29 is 14.1 Å². The van der Waals surface area contributed by atoms with E-state index in [2.05, 4.69) is 10.3 Å². The number of aromatic nitrogens is 2. The Morgan fingerprint density at radius 1 is 1.16 bits per heavy atom. The maximum absolute atomic E-state index is 13.3. The normalized spacial score (nSPS) is 10.8. The Morgan fingerprint density at radius 3 is 2.59 bits per heavy atom. The molecule has 0 saturated heterocycles. The number of nitrogens with one attached hydrogen (secondary N) is 1. The molecule has 0 aliphatic rings. The third-order valence-corrected chi connectivity index (χ3v) is 5.02. The average molecular weight is 432 g/mol. The van der Waals surface area contributed by atoms with Gasteiger partial charge in [0.1, 0.15) is 17.0 Å². The van der Waals surface area contributed by atoms with Crippen molar-refractivity contribution in [1.29, 1.82) is 0 Å². The standard InChI is InChI=1S/C23H17FN4O4/c1-14-11-18(28(31)32)8-9-20(14)26-22(29)19-12-16-3-2-10-25-21(16)27(23(19)30)13-15-4-6-17(24)7-5-15/h2-12H,13H2,1H3,(H,26,29). The molecule has 32 heavy (non-hydrogen) atoms. The van der Waals surface area contributed by atoms with Crippen molar-refractivity contribution in [1.82, 2.24) is 9.55 Å². The number of fused-ring (bicyclic) bond motifs is 1. The second-order valence-corrected chi connectivity index (χ2v) is 7.20. The molecule has 4 rings (SSSR count). The molecule has 2 heterocycles. The van der Waals surface area contributed by atoms with E-state index in [1.807, 2.05) is 0 Å². The highest BCUT2D eigenvalue weighted by molar-refractivity contribution is 6.06. The monoisotopic (exact) mass is 432 g/mol. The van der Waals surface area contributed by atoms with Crippen molar-refractivity contribution in [3.05, 3.63) is 110 Å². The molecular formula is C23H17FN4O4. The summed E-state index contributed by atoms with van der Waals surface area (Å²) in [7, 11) is 0. The van der Waals surface area contributed by atoms with Crippen LogP contribution in [0.5, 0.6) is 0 Å². The minimum atomic E-state index is -0.648. The van der Waals surface area contributed by atoms with E-state index in [-0.39, 0.29) is 17.8 Å². The lowest BCUT2D eigenvalue weighted by atomic mass is 10.1. The number of rotatable bonds is 5. The summed E-state index contributed by atoms with van der Waals surface area (Å²) in [5, 5.41) is 14.2. The number of non-ortho nitro benzene ring substituents is 1. The molecule has 0 unspecified atom stereocenters. The van der Waals surface area contributed by atoms with Crippen LogP contribution in [0.15, 0.2) is 71.7 Å². The van der Waals surface area contributed by atoms with Crippen LogP contribution >= 0.6 is 0 Å². The van der Waals surface area contributed by atoms with Crippen LogP contribution in [0.25, 0.3) is 11.0 Å². The summed E-state index contributed by atoms with van der Waals surface area (Å²) in [6, 6.07) is 14.6. The highest BCUT2D eigenvalue weighted by Crippen LogP contribution is 2.22. The van der Waals surface area contributed by atoms with E-state index < -0.39 is 22.2 Å². The number of carbonyl (C=O) groups excluding carboxylic acids is 1. The fourth-order valence-corrected chi connectivity index (χ4v) is 3.38. The van der Waals surface area contributed by atoms with Crippen molar-refractivity contribution >= 4 is 28.3 Å². The van der Waals surface area contributed by atoms with Gasteiger partial charge >= 0.3 is 0 Å². The minimum Gasteiger partial charge on any atom is -0.322 e. The molecule has 0 spiro atoms. The van der Waals surface area contributed by atoms with Crippen molar-refractivity contribution in [2.45, 2.75) is 13.5 Å². The highest BCUT2D eigenvalue weighted by Gasteiger charge is 2.18. The summed E-state index contributed by atoms with van der Waals surface area (Å²) < 4.78 is 14.6. The van der Waals surface area contributed by atoms with Crippen LogP contribution in [0.2, 0.25) is 0 Å². The first-order chi connectivity index (χ1) is 15.3. The number of benzene rings is 2. The number of amides is 1. The third-order valence-electron chi connectivity index (χ3n) is 5.02. The molecule has 2 aromatic carbocycles. The van der Waals surface area contributed by atoms with Gasteiger partial charge in [0.05, 0.1) is 11.5 Å². The Kier molecular flexibility index (Phi) is 5.46. The summed E-state index contributed by atoms with van der Waals surface area (Å²) in [5.41, 5.74) is 1.15. The molecule has 0 bridgehead atoms. The summed E-state index contributed by atoms with van der Waals surface area (Å²) >= 11 is 0. The fourth-order valence-electron chi connectivity index (χ4n) is 3.38. The molecule has 0 saturated carbocycles. The lowest BCUT2D eigenvalue weighted by Gasteiger charge is -2.13. The molecule has 0 aliphatic heterocycles. The number of halogens is 1. The number of anilines is 1. The summed E-state index contributed by atoms with van der Waals surface area (Å²) in [6.07, 6.45) is 1.54. The van der Waals surface area contributed by atoms with Gasteiger partial charge in [0.2, 0.25) is 0 Å². The Labute approximate surface area is 181 Å². The van der Waals surface area contributed by atoms with E-state index in [4.69, 9.17) is 0 Å². The number of nitro benzene ring substituents is 1. The van der Waals surface area contributed by atoms with E-state index in [1.165, 1.54) is 41.0 Å². The van der Waals surface area contributed by atoms with Crippen molar-refractivity contribution in [2.75, 3.05) is 5.32 Å². The van der Waals surface area contributed by atoms with Gasteiger partial charge < -0.3 is 5.32 Å². The Balaban J connectivity index is 1.75. The minimum absolute atomic E-state index is 0.0982. The molecule has 2 aromatic heterocycles. The maximum Gasteiger partial charge on any atom is 0.269 e. The zero-order valence-corrected chi connectivity index (χ0v) is 16.9. The van der Waals surface area contributed by atoms with Gasteiger partial charge in [-0.15, -0.1) is 0 Å². The van der Waals surface area contributed by atoms with Crippen LogP contribution in [0.3, 0.4) is 0 Å². The number of nitrogens with zero attached hydrogens (tertiary/aromatic N) is 3. The third kappa shape index (κ3) is 4.08. The van der Waals surface area contributed by atoms with E-state index in [0.29, 0.717) is 27.8 Å². The fraction of sp³-hybridized carbons (Fsp3) is 0.0870. The summed E-state index contributed by atoms with van der Waals surface area (Å²) in [6.45, 7) is 1.73. The molecule has 1 N–H and O–H groups in total. The van der Waals surface area contributed by atoms with Gasteiger partial charge in [0.15, 0.2) is 0 Å². The van der Waals surface area contributed by atoms with Gasteiger partial charge in [0.25, 0.3) is 17.2 Å². The molecule has 4 aromatic rings. The Bertz CT molecular complexity index is 1410. The molecule has 1 amide bonds. The molecule has 0 radical (unpaired) electrons. The van der Waals surface area contributed by atoms with Crippen molar-refractivity contribution in [3.8, 4) is 0 Å². The Morgan fingerprint density at radius 2 is 1.91 bits per heavy atom. The number of pyridine rings is 2. The zero-order chi connectivity index (χ0) is 22.8. The van der Waals surface area contributed by atoms with Crippen LogP contribution in [0.4, 0.5) is 15.8 Å². The largest absolute Gasteiger partial charge is 0.322 e. The van der Waals surface area contributed by atoms with Gasteiger partial charge in [-0.1, -0.05) is 12.1 Å². The first-order valence-electron chi connectivity index (χ1n) is 9.63. The van der Waals surface area contributed by atoms with E-state index in [9.17, 15) is 24.1 Å². The molecule has 8 nitrogen and oxygen atoms in total. The maximum atomic E-state index is 13.3. The SMILES string of the molecule is Cc1cc([N+](=O)[O-])ccc1NC(=O)c1cc2cccnc2n(Cc2ccc(F)cc2)c1=O. The van der Waals surface area contributed by atoms with Gasteiger partial charge in [-0.3, -0.25) is 24.3 Å². The number of hydrogen-bond acceptors (Lipinski definition) is 5. The van der Waals surface area contributed by atoms with Crippen LogP contribution in [-0.2, 0) is 6.54 Å². The predicted octanol–water partition coefficient (Wildman–Crippen LogP) is 4.05. The van der Waals surface area contributed by atoms with Crippen LogP contribution in [-0.4, -0.2) is 20.4 Å². The predicted molar refractivity (Wildman–Crippen MR) is 117 cm³/mol. The number of nitro groups is 1. The topological polar surface area (TPSA) is 107 Å². The quantitative estimate of drug-likeness (QED) is 0.378. The van der Waals surface area contributed by atoms with Gasteiger partial charge in [0, 0.05) is 29.4 Å². The summed E-state index contributed by atoms with van der Waals surface area (Å²) in [5.74, 6) is -1.04. The Hall–Kier alpha value is -4.40. The van der Waals surface area contributed by atoms with Gasteiger partial charge in [-0.25, -0.2) is 9.37 Å². The molecular weight excluding hydrogens is 415 g/mol. The summed E-state index contributed by atoms with van der Waals surface area (Å²) in [4.78, 5) is 40.9. The van der Waals surface area contributed by atoms with Crippen molar-refractivity contribution in [3.63, 3.8) is 0 Å². The smallest absolute Gasteiger partial charge is 0.269 e. The van der Waals surface area contributed by atoms with Crippen LogP contribution in [0, 0.1) is 22.9 Å². The molecule has 0 fully saturated rings. The van der Waals surface area contributed by atoms with E-state index >= 15 is 0 Å². The van der Waals surface area contributed by atoms with Gasteiger partial charge in [-0.05, 0) is 54.4 Å². The second-order valence-electron chi connectivity index (χ2n) is 7.20. The molecule has 160 valence electrons. The number of hydrogen-bond donors (Lipinski definition) is 1. The van der Waals surface area contributed by atoms with Crippen LogP contribution < -0.4 is 10.9 Å². The first kappa shape index (κ1) is 20.9. The molecule has 0 aliphatic carbocycles. The molecule has 0 atom stereocenters.